The first-order valence-electron chi connectivity index (χ1n) is 8.16. The molecule has 0 unspecified atom stereocenters. The molecule has 1 spiro atoms. The number of hydrogen-bond donors (Lipinski definition) is 0. The first-order valence-corrected chi connectivity index (χ1v) is 11.0. The summed E-state index contributed by atoms with van der Waals surface area (Å²) in [4.78, 5) is 2.44. The van der Waals surface area contributed by atoms with E-state index >= 15 is 0 Å². The van der Waals surface area contributed by atoms with Crippen LogP contribution < -0.4 is 0 Å². The van der Waals surface area contributed by atoms with Crippen LogP contribution in [0.15, 0.2) is 16.8 Å². The van der Waals surface area contributed by atoms with Crippen molar-refractivity contribution in [3.63, 3.8) is 0 Å². The van der Waals surface area contributed by atoms with E-state index in [0.29, 0.717) is 6.61 Å². The summed E-state index contributed by atoms with van der Waals surface area (Å²) in [6, 6.07) is 2.17. The Balaban J connectivity index is 1.70. The first kappa shape index (κ1) is 17.4. The Morgan fingerprint density at radius 1 is 1.35 bits per heavy atom. The van der Waals surface area contributed by atoms with Gasteiger partial charge in [0.15, 0.2) is 0 Å². The van der Waals surface area contributed by atoms with Crippen molar-refractivity contribution < 1.29 is 13.2 Å². The van der Waals surface area contributed by atoms with Gasteiger partial charge in [0.05, 0.1) is 12.9 Å². The number of piperidine rings is 1. The quantitative estimate of drug-likeness (QED) is 0.809. The van der Waals surface area contributed by atoms with Crippen LogP contribution in [0.2, 0.25) is 0 Å². The maximum atomic E-state index is 12.4. The van der Waals surface area contributed by atoms with Crippen LogP contribution >= 0.6 is 11.3 Å². The van der Waals surface area contributed by atoms with E-state index in [2.05, 4.69) is 21.7 Å². The van der Waals surface area contributed by atoms with Crippen LogP contribution in [0.4, 0.5) is 0 Å². The van der Waals surface area contributed by atoms with E-state index < -0.39 is 10.0 Å². The Hall–Kier alpha value is -0.470. The zero-order chi connectivity index (χ0) is 16.5. The molecule has 0 amide bonds. The van der Waals surface area contributed by atoms with E-state index in [0.717, 1.165) is 45.3 Å². The summed E-state index contributed by atoms with van der Waals surface area (Å²) in [6.07, 6.45) is 5.06. The standard InChI is InChI=1S/C16H26N2O3S2/c1-21-12-15-3-5-16(18(15)23(2,19)20)6-8-17(9-7-16)11-14-4-10-22-13-14/h4,10,13,15H,3,5-9,11-12H2,1-2H3/t15-/m0/s1. The van der Waals surface area contributed by atoms with E-state index in [9.17, 15) is 8.42 Å². The van der Waals surface area contributed by atoms with E-state index in [-0.39, 0.29) is 11.6 Å². The summed E-state index contributed by atoms with van der Waals surface area (Å²) in [5.41, 5.74) is 1.16. The van der Waals surface area contributed by atoms with Gasteiger partial charge in [0.2, 0.25) is 10.0 Å². The Labute approximate surface area is 143 Å². The van der Waals surface area contributed by atoms with Gasteiger partial charge in [0, 0.05) is 38.3 Å². The molecule has 7 heteroatoms. The summed E-state index contributed by atoms with van der Waals surface area (Å²) in [6.45, 7) is 3.39. The molecular formula is C16H26N2O3S2. The fourth-order valence-electron chi connectivity index (χ4n) is 4.25. The van der Waals surface area contributed by atoms with Gasteiger partial charge in [-0.25, -0.2) is 8.42 Å². The fraction of sp³-hybridized carbons (Fsp3) is 0.750. The molecule has 1 aromatic heterocycles. The zero-order valence-corrected chi connectivity index (χ0v) is 15.5. The lowest BCUT2D eigenvalue weighted by molar-refractivity contribution is 0.0658. The van der Waals surface area contributed by atoms with Crippen molar-refractivity contribution >= 4 is 21.4 Å². The maximum Gasteiger partial charge on any atom is 0.212 e. The van der Waals surface area contributed by atoms with Gasteiger partial charge in [-0.15, -0.1) is 0 Å². The third-order valence-electron chi connectivity index (χ3n) is 5.23. The molecule has 2 saturated heterocycles. The summed E-state index contributed by atoms with van der Waals surface area (Å²) < 4.78 is 31.8. The number of sulfonamides is 1. The van der Waals surface area contributed by atoms with Crippen LogP contribution in [-0.2, 0) is 21.3 Å². The SMILES string of the molecule is COC[C@@H]1CCC2(CCN(Cc3ccsc3)CC2)N1S(C)(=O)=O. The normalized spacial score (nSPS) is 26.1. The van der Waals surface area contributed by atoms with Crippen molar-refractivity contribution in [2.75, 3.05) is 33.1 Å². The molecule has 1 aromatic rings. The highest BCUT2D eigenvalue weighted by molar-refractivity contribution is 7.88. The average molecular weight is 359 g/mol. The highest BCUT2D eigenvalue weighted by Crippen LogP contribution is 2.43. The molecule has 0 saturated carbocycles. The van der Waals surface area contributed by atoms with Gasteiger partial charge in [-0.1, -0.05) is 0 Å². The summed E-state index contributed by atoms with van der Waals surface area (Å²) >= 11 is 1.73. The number of nitrogens with zero attached hydrogens (tertiary/aromatic N) is 2. The molecule has 0 aromatic carbocycles. The van der Waals surface area contributed by atoms with Gasteiger partial charge in [-0.2, -0.15) is 15.6 Å². The molecule has 3 rings (SSSR count). The average Bonchev–Trinajstić information content (AvgIpc) is 3.10. The molecule has 0 radical (unpaired) electrons. The number of rotatable bonds is 5. The van der Waals surface area contributed by atoms with Gasteiger partial charge in [-0.05, 0) is 48.1 Å². The Bertz CT molecular complexity index is 607. The van der Waals surface area contributed by atoms with Crippen LogP contribution in [0.5, 0.6) is 0 Å². The van der Waals surface area contributed by atoms with Gasteiger partial charge in [-0.3, -0.25) is 4.90 Å². The molecule has 130 valence electrons. The second-order valence-corrected chi connectivity index (χ2v) is 9.48. The van der Waals surface area contributed by atoms with Crippen molar-refractivity contribution in [2.24, 2.45) is 0 Å². The van der Waals surface area contributed by atoms with E-state index in [1.165, 1.54) is 11.8 Å². The van der Waals surface area contributed by atoms with Crippen LogP contribution in [-0.4, -0.2) is 62.3 Å². The zero-order valence-electron chi connectivity index (χ0n) is 13.9. The van der Waals surface area contributed by atoms with E-state index in [4.69, 9.17) is 4.74 Å². The highest BCUT2D eigenvalue weighted by atomic mass is 32.2. The predicted octanol–water partition coefficient (Wildman–Crippen LogP) is 2.15. The second-order valence-electron chi connectivity index (χ2n) is 6.84. The molecule has 3 heterocycles. The van der Waals surface area contributed by atoms with Gasteiger partial charge >= 0.3 is 0 Å². The first-order chi connectivity index (χ1) is 10.9. The fourth-order valence-corrected chi connectivity index (χ4v) is 6.60. The molecular weight excluding hydrogens is 332 g/mol. The molecule has 0 bridgehead atoms. The van der Waals surface area contributed by atoms with Gasteiger partial charge < -0.3 is 4.74 Å². The summed E-state index contributed by atoms with van der Waals surface area (Å²) in [5, 5.41) is 4.30. The Morgan fingerprint density at radius 3 is 2.65 bits per heavy atom. The Morgan fingerprint density at radius 2 is 2.09 bits per heavy atom. The maximum absolute atomic E-state index is 12.4. The molecule has 1 atom stereocenters. The van der Waals surface area contributed by atoms with Crippen molar-refractivity contribution in [1.29, 1.82) is 0 Å². The number of hydrogen-bond acceptors (Lipinski definition) is 5. The van der Waals surface area contributed by atoms with Crippen molar-refractivity contribution in [3.05, 3.63) is 22.4 Å². The Kier molecular flexibility index (Phi) is 5.13. The molecule has 2 aliphatic heterocycles. The number of ether oxygens (including phenoxy) is 1. The molecule has 2 fully saturated rings. The van der Waals surface area contributed by atoms with Crippen LogP contribution in [0, 0.1) is 0 Å². The summed E-state index contributed by atoms with van der Waals surface area (Å²) in [5.74, 6) is 0. The topological polar surface area (TPSA) is 49.9 Å². The molecule has 23 heavy (non-hydrogen) atoms. The van der Waals surface area contributed by atoms with Gasteiger partial charge in [0.1, 0.15) is 0 Å². The minimum absolute atomic E-state index is 0.00146. The van der Waals surface area contributed by atoms with Crippen LogP contribution in [0.1, 0.15) is 31.2 Å². The molecule has 0 aliphatic carbocycles. The minimum atomic E-state index is -3.21. The third-order valence-corrected chi connectivity index (χ3v) is 7.36. The molecule has 5 nitrogen and oxygen atoms in total. The summed E-state index contributed by atoms with van der Waals surface area (Å²) in [7, 11) is -1.57. The lowest BCUT2D eigenvalue weighted by Gasteiger charge is -2.45. The lowest BCUT2D eigenvalue weighted by Crippen LogP contribution is -2.56. The van der Waals surface area contributed by atoms with Crippen molar-refractivity contribution in [3.8, 4) is 0 Å². The molecule has 0 N–H and O–H groups in total. The van der Waals surface area contributed by atoms with Crippen LogP contribution in [0.25, 0.3) is 0 Å². The van der Waals surface area contributed by atoms with Crippen molar-refractivity contribution in [2.45, 2.75) is 43.8 Å². The lowest BCUT2D eigenvalue weighted by atomic mass is 9.86. The van der Waals surface area contributed by atoms with Crippen LogP contribution in [0.3, 0.4) is 0 Å². The van der Waals surface area contributed by atoms with E-state index in [1.54, 1.807) is 22.8 Å². The third kappa shape index (κ3) is 3.64. The largest absolute Gasteiger partial charge is 0.383 e. The number of methoxy groups -OCH3 is 1. The number of likely N-dealkylation sites (tertiary alicyclic amines) is 1. The smallest absolute Gasteiger partial charge is 0.212 e. The minimum Gasteiger partial charge on any atom is -0.383 e. The monoisotopic (exact) mass is 358 g/mol. The highest BCUT2D eigenvalue weighted by Gasteiger charge is 2.51. The van der Waals surface area contributed by atoms with Gasteiger partial charge in [0.25, 0.3) is 0 Å². The number of thiophene rings is 1. The molecule has 2 aliphatic rings. The second kappa shape index (κ2) is 6.80. The van der Waals surface area contributed by atoms with Crippen molar-refractivity contribution in [1.82, 2.24) is 9.21 Å². The van der Waals surface area contributed by atoms with E-state index in [1.807, 2.05) is 0 Å². The predicted molar refractivity (Wildman–Crippen MR) is 93.1 cm³/mol.